The summed E-state index contributed by atoms with van der Waals surface area (Å²) in [5, 5.41) is 3.79. The molecular formula is C16H32N2O. The summed E-state index contributed by atoms with van der Waals surface area (Å²) in [4.78, 5) is 2.56. The number of hydrogen-bond donors (Lipinski definition) is 1. The van der Waals surface area contributed by atoms with E-state index in [2.05, 4.69) is 44.8 Å². The highest BCUT2D eigenvalue weighted by atomic mass is 16.5. The molecule has 0 spiro atoms. The van der Waals surface area contributed by atoms with Gasteiger partial charge in [-0.1, -0.05) is 6.92 Å². The fraction of sp³-hybridized carbons (Fsp3) is 1.00. The van der Waals surface area contributed by atoms with Gasteiger partial charge in [0.15, 0.2) is 0 Å². The number of hydrogen-bond acceptors (Lipinski definition) is 3. The SMILES string of the molecule is CCN1CCC(CNC2CC(C)(C)OC2(C)C)CC1. The summed E-state index contributed by atoms with van der Waals surface area (Å²) in [6, 6.07) is 0.492. The first kappa shape index (κ1) is 15.3. The maximum atomic E-state index is 6.15. The fourth-order valence-corrected chi connectivity index (χ4v) is 3.70. The van der Waals surface area contributed by atoms with E-state index in [1.807, 2.05) is 0 Å². The minimum absolute atomic E-state index is 0.0206. The second-order valence-corrected chi connectivity index (χ2v) is 7.51. The Bertz CT molecular complexity index is 293. The van der Waals surface area contributed by atoms with E-state index in [1.54, 1.807) is 0 Å². The van der Waals surface area contributed by atoms with Gasteiger partial charge in [0.1, 0.15) is 0 Å². The lowest BCUT2D eigenvalue weighted by Crippen LogP contribution is -2.46. The lowest BCUT2D eigenvalue weighted by Gasteiger charge is -2.33. The molecule has 1 atom stereocenters. The maximum Gasteiger partial charge on any atom is 0.0787 e. The van der Waals surface area contributed by atoms with Crippen LogP contribution in [0.3, 0.4) is 0 Å². The first-order chi connectivity index (χ1) is 8.82. The molecule has 0 saturated carbocycles. The van der Waals surface area contributed by atoms with Crippen LogP contribution in [0.15, 0.2) is 0 Å². The van der Waals surface area contributed by atoms with Crippen LogP contribution in [0.5, 0.6) is 0 Å². The molecule has 3 nitrogen and oxygen atoms in total. The van der Waals surface area contributed by atoms with Crippen LogP contribution in [0.25, 0.3) is 0 Å². The molecule has 1 unspecified atom stereocenters. The van der Waals surface area contributed by atoms with Gasteiger partial charge in [-0.2, -0.15) is 0 Å². The number of piperidine rings is 1. The van der Waals surface area contributed by atoms with Crippen molar-refractivity contribution < 1.29 is 4.74 Å². The molecule has 0 aromatic carbocycles. The minimum Gasteiger partial charge on any atom is -0.368 e. The lowest BCUT2D eigenvalue weighted by molar-refractivity contribution is -0.0700. The minimum atomic E-state index is -0.0341. The van der Waals surface area contributed by atoms with Crippen LogP contribution in [0.1, 0.15) is 53.9 Å². The van der Waals surface area contributed by atoms with Gasteiger partial charge >= 0.3 is 0 Å². The Kier molecular flexibility index (Phi) is 4.59. The largest absolute Gasteiger partial charge is 0.368 e. The topological polar surface area (TPSA) is 24.5 Å². The van der Waals surface area contributed by atoms with Gasteiger partial charge in [0.25, 0.3) is 0 Å². The Hall–Kier alpha value is -0.120. The molecule has 3 heteroatoms. The molecule has 2 aliphatic heterocycles. The van der Waals surface area contributed by atoms with Gasteiger partial charge in [0.05, 0.1) is 11.2 Å². The van der Waals surface area contributed by atoms with Gasteiger partial charge in [-0.05, 0) is 79.1 Å². The molecule has 2 rings (SSSR count). The Morgan fingerprint density at radius 1 is 1.16 bits per heavy atom. The van der Waals surface area contributed by atoms with Crippen molar-refractivity contribution in [1.82, 2.24) is 10.2 Å². The molecule has 0 aliphatic carbocycles. The van der Waals surface area contributed by atoms with E-state index >= 15 is 0 Å². The Balaban J connectivity index is 1.77. The molecule has 0 radical (unpaired) electrons. The Morgan fingerprint density at radius 3 is 2.26 bits per heavy atom. The average Bonchev–Trinajstić information content (AvgIpc) is 2.55. The number of nitrogens with zero attached hydrogens (tertiary/aromatic N) is 1. The second-order valence-electron chi connectivity index (χ2n) is 7.51. The number of rotatable bonds is 4. The summed E-state index contributed by atoms with van der Waals surface area (Å²) in [6.07, 6.45) is 3.81. The highest BCUT2D eigenvalue weighted by Crippen LogP contribution is 2.37. The van der Waals surface area contributed by atoms with Crippen LogP contribution >= 0.6 is 0 Å². The molecular weight excluding hydrogens is 236 g/mol. The Morgan fingerprint density at radius 2 is 1.79 bits per heavy atom. The van der Waals surface area contributed by atoms with E-state index in [0.717, 1.165) is 18.9 Å². The third-order valence-electron chi connectivity index (χ3n) is 4.88. The van der Waals surface area contributed by atoms with Crippen molar-refractivity contribution >= 4 is 0 Å². The van der Waals surface area contributed by atoms with Crippen LogP contribution < -0.4 is 5.32 Å². The summed E-state index contributed by atoms with van der Waals surface area (Å²) in [6.45, 7) is 16.0. The molecule has 0 aromatic rings. The summed E-state index contributed by atoms with van der Waals surface area (Å²) in [7, 11) is 0. The van der Waals surface area contributed by atoms with E-state index in [0.29, 0.717) is 6.04 Å². The van der Waals surface area contributed by atoms with E-state index < -0.39 is 0 Å². The molecule has 1 N–H and O–H groups in total. The zero-order valence-electron chi connectivity index (χ0n) is 13.5. The maximum absolute atomic E-state index is 6.15. The van der Waals surface area contributed by atoms with Crippen molar-refractivity contribution in [2.45, 2.75) is 71.1 Å². The standard InChI is InChI=1S/C16H32N2O/c1-6-18-9-7-13(8-10-18)12-17-14-11-15(2,3)19-16(14,4)5/h13-14,17H,6-12H2,1-5H3. The summed E-state index contributed by atoms with van der Waals surface area (Å²) in [5.74, 6) is 0.849. The zero-order chi connectivity index (χ0) is 14.1. The lowest BCUT2D eigenvalue weighted by atomic mass is 9.92. The molecule has 2 fully saturated rings. The summed E-state index contributed by atoms with van der Waals surface area (Å²) in [5.41, 5.74) is -0.0135. The van der Waals surface area contributed by atoms with Gasteiger partial charge in [-0.15, -0.1) is 0 Å². The molecule has 0 amide bonds. The van der Waals surface area contributed by atoms with Crippen LogP contribution in [0, 0.1) is 5.92 Å². The number of nitrogens with one attached hydrogen (secondary N) is 1. The molecule has 2 saturated heterocycles. The van der Waals surface area contributed by atoms with Crippen molar-refractivity contribution in [1.29, 1.82) is 0 Å². The Labute approximate surface area is 119 Å². The molecule has 112 valence electrons. The van der Waals surface area contributed by atoms with Gasteiger partial charge in [-0.3, -0.25) is 0 Å². The molecule has 2 heterocycles. The van der Waals surface area contributed by atoms with E-state index in [-0.39, 0.29) is 11.2 Å². The predicted octanol–water partition coefficient (Wildman–Crippen LogP) is 2.65. The van der Waals surface area contributed by atoms with Crippen molar-refractivity contribution in [2.75, 3.05) is 26.2 Å². The second kappa shape index (κ2) is 5.71. The summed E-state index contributed by atoms with van der Waals surface area (Å²) < 4.78 is 6.15. The van der Waals surface area contributed by atoms with Crippen LogP contribution in [0.2, 0.25) is 0 Å². The predicted molar refractivity (Wildman–Crippen MR) is 80.5 cm³/mol. The molecule has 0 aromatic heterocycles. The molecule has 2 aliphatic rings. The molecule has 19 heavy (non-hydrogen) atoms. The zero-order valence-corrected chi connectivity index (χ0v) is 13.5. The van der Waals surface area contributed by atoms with Crippen LogP contribution in [0.4, 0.5) is 0 Å². The van der Waals surface area contributed by atoms with Crippen molar-refractivity contribution in [2.24, 2.45) is 5.92 Å². The number of likely N-dealkylation sites (tertiary alicyclic amines) is 1. The highest BCUT2D eigenvalue weighted by molar-refractivity contribution is 4.99. The number of ether oxygens (including phenoxy) is 1. The normalized spacial score (nSPS) is 31.7. The summed E-state index contributed by atoms with van der Waals surface area (Å²) >= 11 is 0. The third kappa shape index (κ3) is 3.93. The highest BCUT2D eigenvalue weighted by Gasteiger charge is 2.45. The van der Waals surface area contributed by atoms with Crippen molar-refractivity contribution in [3.8, 4) is 0 Å². The van der Waals surface area contributed by atoms with Gasteiger partial charge in [0, 0.05) is 6.04 Å². The fourth-order valence-electron chi connectivity index (χ4n) is 3.70. The van der Waals surface area contributed by atoms with Gasteiger partial charge in [-0.25, -0.2) is 0 Å². The first-order valence-electron chi connectivity index (χ1n) is 7.98. The third-order valence-corrected chi connectivity index (χ3v) is 4.88. The quantitative estimate of drug-likeness (QED) is 0.848. The average molecular weight is 268 g/mol. The van der Waals surface area contributed by atoms with Gasteiger partial charge < -0.3 is 15.0 Å². The van der Waals surface area contributed by atoms with Gasteiger partial charge in [0.2, 0.25) is 0 Å². The van der Waals surface area contributed by atoms with Crippen molar-refractivity contribution in [3.63, 3.8) is 0 Å². The van der Waals surface area contributed by atoms with Crippen LogP contribution in [-0.4, -0.2) is 48.3 Å². The monoisotopic (exact) mass is 268 g/mol. The smallest absolute Gasteiger partial charge is 0.0787 e. The molecule has 0 bridgehead atoms. The first-order valence-corrected chi connectivity index (χ1v) is 7.98. The van der Waals surface area contributed by atoms with E-state index in [1.165, 1.54) is 32.5 Å². The van der Waals surface area contributed by atoms with E-state index in [4.69, 9.17) is 4.74 Å². The van der Waals surface area contributed by atoms with Crippen molar-refractivity contribution in [3.05, 3.63) is 0 Å². The van der Waals surface area contributed by atoms with Crippen LogP contribution in [-0.2, 0) is 4.74 Å². The van der Waals surface area contributed by atoms with E-state index in [9.17, 15) is 0 Å².